The first-order valence-corrected chi connectivity index (χ1v) is 25.6. The molecule has 342 valence electrons. The van der Waals surface area contributed by atoms with Crippen LogP contribution in [0.2, 0.25) is 0 Å². The van der Waals surface area contributed by atoms with E-state index in [0.29, 0.717) is 19.3 Å². The normalized spacial score (nSPS) is 13.4. The van der Waals surface area contributed by atoms with E-state index in [1.807, 2.05) is 0 Å². The van der Waals surface area contributed by atoms with Gasteiger partial charge in [-0.3, -0.25) is 9.59 Å². The van der Waals surface area contributed by atoms with Crippen LogP contribution in [0, 0.1) is 0 Å². The topological polar surface area (TPSA) is 95.9 Å². The summed E-state index contributed by atoms with van der Waals surface area (Å²) in [4.78, 5) is 26.0. The van der Waals surface area contributed by atoms with Crippen molar-refractivity contribution in [2.45, 2.75) is 289 Å². The van der Waals surface area contributed by atoms with Crippen molar-refractivity contribution in [3.05, 3.63) is 24.3 Å². The number of hydrogen-bond donors (Lipinski definition) is 3. The molecule has 0 bridgehead atoms. The van der Waals surface area contributed by atoms with Crippen LogP contribution in [0.5, 0.6) is 0 Å². The van der Waals surface area contributed by atoms with Crippen LogP contribution < -0.4 is 5.32 Å². The van der Waals surface area contributed by atoms with Crippen molar-refractivity contribution >= 4 is 11.9 Å². The SMILES string of the molecule is CC/C=C/C/C=C/CCCCCCCCCC(=O)OC(CCCCCCCCCCC)CC(=O)NC(CO)C(O)CCCCCCCCCCCCCCCCCC. The van der Waals surface area contributed by atoms with E-state index in [4.69, 9.17) is 4.74 Å². The third-order valence-corrected chi connectivity index (χ3v) is 11.8. The monoisotopic (exact) mass is 818 g/mol. The molecule has 0 aliphatic heterocycles. The number of carbonyl (C=O) groups excluding carboxylic acids is 2. The van der Waals surface area contributed by atoms with Gasteiger partial charge in [0, 0.05) is 6.42 Å². The Kier molecular flexibility index (Phi) is 45.1. The first-order chi connectivity index (χ1) is 28.5. The average Bonchev–Trinajstić information content (AvgIpc) is 3.22. The lowest BCUT2D eigenvalue weighted by molar-refractivity contribution is -0.151. The summed E-state index contributed by atoms with van der Waals surface area (Å²) in [5.74, 6) is -0.473. The highest BCUT2D eigenvalue weighted by Gasteiger charge is 2.24. The number of rotatable bonds is 46. The highest BCUT2D eigenvalue weighted by atomic mass is 16.5. The highest BCUT2D eigenvalue weighted by molar-refractivity contribution is 5.77. The number of hydrogen-bond acceptors (Lipinski definition) is 5. The Morgan fingerprint density at radius 3 is 1.40 bits per heavy atom. The maximum Gasteiger partial charge on any atom is 0.306 e. The van der Waals surface area contributed by atoms with Crippen LogP contribution in [0.4, 0.5) is 0 Å². The Bertz CT molecular complexity index is 919. The molecule has 3 atom stereocenters. The molecule has 0 aromatic rings. The summed E-state index contributed by atoms with van der Waals surface area (Å²) in [6.07, 6.45) is 52.4. The number of esters is 1. The molecule has 0 heterocycles. The fourth-order valence-electron chi connectivity index (χ4n) is 7.94. The maximum absolute atomic E-state index is 13.2. The number of ether oxygens (including phenoxy) is 1. The molecule has 58 heavy (non-hydrogen) atoms. The molecule has 3 N–H and O–H groups in total. The van der Waals surface area contributed by atoms with Crippen molar-refractivity contribution in [2.75, 3.05) is 6.61 Å². The average molecular weight is 818 g/mol. The van der Waals surface area contributed by atoms with E-state index in [1.165, 1.54) is 161 Å². The van der Waals surface area contributed by atoms with Gasteiger partial charge in [0.05, 0.1) is 25.2 Å². The second kappa shape index (κ2) is 46.4. The van der Waals surface area contributed by atoms with E-state index >= 15 is 0 Å². The molecule has 0 saturated carbocycles. The van der Waals surface area contributed by atoms with Crippen molar-refractivity contribution < 1.29 is 24.5 Å². The van der Waals surface area contributed by atoms with Crippen molar-refractivity contribution in [3.63, 3.8) is 0 Å². The van der Waals surface area contributed by atoms with Gasteiger partial charge in [0.25, 0.3) is 0 Å². The molecular formula is C52H99NO5. The molecule has 0 radical (unpaired) electrons. The van der Waals surface area contributed by atoms with Crippen molar-refractivity contribution in [2.24, 2.45) is 0 Å². The number of nitrogens with one attached hydrogen (secondary N) is 1. The van der Waals surface area contributed by atoms with Crippen LogP contribution in [0.15, 0.2) is 24.3 Å². The number of aliphatic hydroxyl groups excluding tert-OH is 2. The Labute approximate surface area is 361 Å². The van der Waals surface area contributed by atoms with Crippen LogP contribution >= 0.6 is 0 Å². The van der Waals surface area contributed by atoms with Gasteiger partial charge in [0.1, 0.15) is 6.10 Å². The molecule has 6 nitrogen and oxygen atoms in total. The first kappa shape index (κ1) is 56.3. The summed E-state index contributed by atoms with van der Waals surface area (Å²) in [5.41, 5.74) is 0. The quantitative estimate of drug-likeness (QED) is 0.0323. The van der Waals surface area contributed by atoms with Crippen LogP contribution in [-0.4, -0.2) is 46.9 Å². The van der Waals surface area contributed by atoms with E-state index in [1.54, 1.807) is 0 Å². The van der Waals surface area contributed by atoms with Crippen molar-refractivity contribution in [1.29, 1.82) is 0 Å². The van der Waals surface area contributed by atoms with E-state index in [0.717, 1.165) is 64.2 Å². The molecule has 0 fully saturated rings. The second-order valence-electron chi connectivity index (χ2n) is 17.5. The van der Waals surface area contributed by atoms with Gasteiger partial charge < -0.3 is 20.3 Å². The second-order valence-corrected chi connectivity index (χ2v) is 17.5. The number of unbranched alkanes of at least 4 members (excludes halogenated alkanes) is 30. The molecule has 0 aliphatic carbocycles. The van der Waals surface area contributed by atoms with E-state index < -0.39 is 18.2 Å². The minimum Gasteiger partial charge on any atom is -0.462 e. The van der Waals surface area contributed by atoms with Crippen LogP contribution in [0.1, 0.15) is 271 Å². The Hall–Kier alpha value is -1.66. The highest BCUT2D eigenvalue weighted by Crippen LogP contribution is 2.18. The third-order valence-electron chi connectivity index (χ3n) is 11.8. The predicted octanol–water partition coefficient (Wildman–Crippen LogP) is 15.1. The molecule has 0 saturated heterocycles. The minimum atomic E-state index is -0.784. The third kappa shape index (κ3) is 41.1. The largest absolute Gasteiger partial charge is 0.462 e. The lowest BCUT2D eigenvalue weighted by atomic mass is 10.0. The summed E-state index contributed by atoms with van der Waals surface area (Å²) in [6, 6.07) is -0.697. The number of carbonyl (C=O) groups is 2. The summed E-state index contributed by atoms with van der Waals surface area (Å²) in [7, 11) is 0. The van der Waals surface area contributed by atoms with Gasteiger partial charge in [0.2, 0.25) is 5.91 Å². The van der Waals surface area contributed by atoms with Crippen molar-refractivity contribution in [1.82, 2.24) is 5.32 Å². The zero-order valence-electron chi connectivity index (χ0n) is 38.9. The predicted molar refractivity (Wildman–Crippen MR) is 250 cm³/mol. The molecule has 0 aromatic heterocycles. The number of allylic oxidation sites excluding steroid dienone is 4. The number of amides is 1. The van der Waals surface area contributed by atoms with E-state index in [9.17, 15) is 19.8 Å². The Balaban J connectivity index is 4.42. The summed E-state index contributed by atoms with van der Waals surface area (Å²) < 4.78 is 5.91. The van der Waals surface area contributed by atoms with Gasteiger partial charge in [-0.05, 0) is 51.4 Å². The molecular weight excluding hydrogens is 719 g/mol. The van der Waals surface area contributed by atoms with Gasteiger partial charge in [0.15, 0.2) is 0 Å². The maximum atomic E-state index is 13.2. The van der Waals surface area contributed by atoms with Gasteiger partial charge >= 0.3 is 5.97 Å². The zero-order chi connectivity index (χ0) is 42.4. The van der Waals surface area contributed by atoms with Gasteiger partial charge in [-0.2, -0.15) is 0 Å². The molecule has 3 unspecified atom stereocenters. The summed E-state index contributed by atoms with van der Waals surface area (Å²) >= 11 is 0. The standard InChI is InChI=1S/C52H99NO5/c1-4-7-10-13-16-19-21-23-25-26-27-29-32-35-38-41-44-50(55)49(47-54)53-51(56)46-48(43-40-37-34-31-18-15-12-9-6-3)58-52(57)45-42-39-36-33-30-28-24-22-20-17-14-11-8-5-2/h8,11,17,20,48-50,54-55H,4-7,9-10,12-16,18-19,21-47H2,1-3H3,(H,53,56)/b11-8+,20-17+. The lowest BCUT2D eigenvalue weighted by Crippen LogP contribution is -2.46. The van der Waals surface area contributed by atoms with Crippen molar-refractivity contribution in [3.8, 4) is 0 Å². The molecule has 0 aromatic carbocycles. The lowest BCUT2D eigenvalue weighted by Gasteiger charge is -2.24. The first-order valence-electron chi connectivity index (χ1n) is 25.6. The fraction of sp³-hybridized carbons (Fsp3) is 0.885. The van der Waals surface area contributed by atoms with E-state index in [2.05, 4.69) is 50.4 Å². The Morgan fingerprint density at radius 2 is 0.931 bits per heavy atom. The van der Waals surface area contributed by atoms with E-state index in [-0.39, 0.29) is 24.9 Å². The summed E-state index contributed by atoms with van der Waals surface area (Å²) in [6.45, 7) is 6.38. The van der Waals surface area contributed by atoms with Gasteiger partial charge in [-0.1, -0.05) is 231 Å². The van der Waals surface area contributed by atoms with Gasteiger partial charge in [-0.25, -0.2) is 0 Å². The van der Waals surface area contributed by atoms with Gasteiger partial charge in [-0.15, -0.1) is 0 Å². The molecule has 0 aliphatic rings. The smallest absolute Gasteiger partial charge is 0.306 e. The zero-order valence-corrected chi connectivity index (χ0v) is 38.9. The molecule has 1 amide bonds. The summed E-state index contributed by atoms with van der Waals surface area (Å²) in [5, 5.41) is 23.7. The van der Waals surface area contributed by atoms with Crippen LogP contribution in [-0.2, 0) is 14.3 Å². The Morgan fingerprint density at radius 1 is 0.517 bits per heavy atom. The van der Waals surface area contributed by atoms with Crippen LogP contribution in [0.3, 0.4) is 0 Å². The fourth-order valence-corrected chi connectivity index (χ4v) is 7.94. The molecule has 6 heteroatoms. The minimum absolute atomic E-state index is 0.0790. The van der Waals surface area contributed by atoms with Crippen LogP contribution in [0.25, 0.3) is 0 Å². The number of aliphatic hydroxyl groups is 2. The molecule has 0 rings (SSSR count). The molecule has 0 spiro atoms.